The van der Waals surface area contributed by atoms with E-state index in [9.17, 15) is 4.79 Å². The predicted molar refractivity (Wildman–Crippen MR) is 56.2 cm³/mol. The van der Waals surface area contributed by atoms with Crippen molar-refractivity contribution in [3.8, 4) is 0 Å². The SMILES string of the molecule is N[C@@H]1CC[C@]2(CCN(C(=O)CCl)C2)C1. The highest BCUT2D eigenvalue weighted by Crippen LogP contribution is 2.44. The van der Waals surface area contributed by atoms with Gasteiger partial charge in [-0.3, -0.25) is 4.79 Å². The molecule has 0 radical (unpaired) electrons. The first-order valence-electron chi connectivity index (χ1n) is 5.25. The van der Waals surface area contributed by atoms with E-state index in [4.69, 9.17) is 17.3 Å². The second-order valence-corrected chi connectivity index (χ2v) is 4.97. The van der Waals surface area contributed by atoms with E-state index >= 15 is 0 Å². The summed E-state index contributed by atoms with van der Waals surface area (Å²) in [6.45, 7) is 1.75. The number of nitrogens with zero attached hydrogens (tertiary/aromatic N) is 1. The summed E-state index contributed by atoms with van der Waals surface area (Å²) in [5, 5.41) is 0. The first-order valence-corrected chi connectivity index (χ1v) is 5.78. The molecule has 0 aromatic carbocycles. The second kappa shape index (κ2) is 3.70. The van der Waals surface area contributed by atoms with Crippen LogP contribution in [0, 0.1) is 5.41 Å². The molecule has 2 atom stereocenters. The molecule has 2 fully saturated rings. The normalized spacial score (nSPS) is 37.0. The van der Waals surface area contributed by atoms with E-state index in [2.05, 4.69) is 0 Å². The lowest BCUT2D eigenvalue weighted by Crippen LogP contribution is -2.32. The monoisotopic (exact) mass is 216 g/mol. The summed E-state index contributed by atoms with van der Waals surface area (Å²) >= 11 is 5.54. The molecule has 2 aliphatic rings. The molecule has 1 amide bonds. The van der Waals surface area contributed by atoms with Crippen LogP contribution in [-0.2, 0) is 4.79 Å². The van der Waals surface area contributed by atoms with Gasteiger partial charge in [-0.15, -0.1) is 11.6 Å². The number of hydrogen-bond donors (Lipinski definition) is 1. The van der Waals surface area contributed by atoms with E-state index in [-0.39, 0.29) is 11.8 Å². The third-order valence-electron chi connectivity index (χ3n) is 3.65. The van der Waals surface area contributed by atoms with Crippen LogP contribution in [-0.4, -0.2) is 35.8 Å². The third kappa shape index (κ3) is 1.75. The summed E-state index contributed by atoms with van der Waals surface area (Å²) in [6, 6.07) is 0.348. The Hall–Kier alpha value is -0.280. The molecule has 1 spiro atoms. The fourth-order valence-electron chi connectivity index (χ4n) is 2.86. The Morgan fingerprint density at radius 1 is 1.57 bits per heavy atom. The van der Waals surface area contributed by atoms with Crippen LogP contribution in [0.25, 0.3) is 0 Å². The first-order chi connectivity index (χ1) is 6.65. The van der Waals surface area contributed by atoms with Crippen LogP contribution in [0.4, 0.5) is 0 Å². The van der Waals surface area contributed by atoms with Crippen LogP contribution in [0.1, 0.15) is 25.7 Å². The van der Waals surface area contributed by atoms with Crippen molar-refractivity contribution in [2.24, 2.45) is 11.1 Å². The number of carbonyl (C=O) groups excluding carboxylic acids is 1. The molecule has 3 nitrogen and oxygen atoms in total. The van der Waals surface area contributed by atoms with Crippen molar-refractivity contribution in [1.29, 1.82) is 0 Å². The molecule has 80 valence electrons. The van der Waals surface area contributed by atoms with Crippen LogP contribution >= 0.6 is 11.6 Å². The predicted octanol–water partition coefficient (Wildman–Crippen LogP) is 0.955. The van der Waals surface area contributed by atoms with Crippen molar-refractivity contribution >= 4 is 17.5 Å². The van der Waals surface area contributed by atoms with E-state index in [0.717, 1.165) is 32.4 Å². The standard InChI is InChI=1S/C10H17ClN2O/c11-6-9(14)13-4-3-10(7-13)2-1-8(12)5-10/h8H,1-7,12H2/t8-,10+/m1/s1. The largest absolute Gasteiger partial charge is 0.341 e. The minimum absolute atomic E-state index is 0.0732. The first kappa shape index (κ1) is 10.2. The van der Waals surface area contributed by atoms with Crippen molar-refractivity contribution in [1.82, 2.24) is 4.90 Å². The minimum Gasteiger partial charge on any atom is -0.341 e. The summed E-state index contributed by atoms with van der Waals surface area (Å²) in [7, 11) is 0. The third-order valence-corrected chi connectivity index (χ3v) is 3.87. The summed E-state index contributed by atoms with van der Waals surface area (Å²) in [5.41, 5.74) is 6.25. The van der Waals surface area contributed by atoms with E-state index in [1.54, 1.807) is 0 Å². The number of nitrogens with two attached hydrogens (primary N) is 1. The van der Waals surface area contributed by atoms with Crippen LogP contribution < -0.4 is 5.73 Å². The van der Waals surface area contributed by atoms with Gasteiger partial charge in [-0.25, -0.2) is 0 Å². The Balaban J connectivity index is 1.97. The Labute approximate surface area is 89.6 Å². The van der Waals surface area contributed by atoms with E-state index in [1.165, 1.54) is 6.42 Å². The molecule has 2 rings (SSSR count). The summed E-state index contributed by atoms with van der Waals surface area (Å²) < 4.78 is 0. The lowest BCUT2D eigenvalue weighted by molar-refractivity contribution is -0.127. The van der Waals surface area contributed by atoms with Gasteiger partial charge in [-0.2, -0.15) is 0 Å². The zero-order chi connectivity index (χ0) is 10.2. The average Bonchev–Trinajstić information content (AvgIpc) is 2.74. The fraction of sp³-hybridized carbons (Fsp3) is 0.900. The van der Waals surface area contributed by atoms with Gasteiger partial charge >= 0.3 is 0 Å². The quantitative estimate of drug-likeness (QED) is 0.664. The fourth-order valence-corrected chi connectivity index (χ4v) is 3.02. The van der Waals surface area contributed by atoms with Gasteiger partial charge in [0.1, 0.15) is 5.88 Å². The molecule has 0 aromatic heterocycles. The Bertz CT molecular complexity index is 246. The van der Waals surface area contributed by atoms with Crippen LogP contribution in [0.15, 0.2) is 0 Å². The summed E-state index contributed by atoms with van der Waals surface area (Å²) in [4.78, 5) is 13.3. The molecule has 1 heterocycles. The highest BCUT2D eigenvalue weighted by atomic mass is 35.5. The number of likely N-dealkylation sites (tertiary alicyclic amines) is 1. The van der Waals surface area contributed by atoms with Gasteiger partial charge in [0, 0.05) is 19.1 Å². The Morgan fingerprint density at radius 2 is 2.36 bits per heavy atom. The van der Waals surface area contributed by atoms with Gasteiger partial charge in [-0.1, -0.05) is 0 Å². The maximum atomic E-state index is 11.4. The van der Waals surface area contributed by atoms with E-state index in [1.807, 2.05) is 4.90 Å². The molecule has 1 aliphatic carbocycles. The lowest BCUT2D eigenvalue weighted by Gasteiger charge is -2.23. The molecule has 4 heteroatoms. The van der Waals surface area contributed by atoms with Gasteiger partial charge in [0.2, 0.25) is 5.91 Å². The van der Waals surface area contributed by atoms with Crippen molar-refractivity contribution in [3.63, 3.8) is 0 Å². The van der Waals surface area contributed by atoms with Crippen LogP contribution in [0.5, 0.6) is 0 Å². The molecule has 0 aromatic rings. The van der Waals surface area contributed by atoms with Crippen molar-refractivity contribution in [2.75, 3.05) is 19.0 Å². The number of hydrogen-bond acceptors (Lipinski definition) is 2. The molecule has 1 aliphatic heterocycles. The Morgan fingerprint density at radius 3 is 2.93 bits per heavy atom. The average molecular weight is 217 g/mol. The number of amides is 1. The van der Waals surface area contributed by atoms with E-state index < -0.39 is 0 Å². The van der Waals surface area contributed by atoms with Crippen molar-refractivity contribution in [2.45, 2.75) is 31.7 Å². The lowest BCUT2D eigenvalue weighted by atomic mass is 9.85. The maximum absolute atomic E-state index is 11.4. The van der Waals surface area contributed by atoms with Gasteiger partial charge in [-0.05, 0) is 31.1 Å². The molecular weight excluding hydrogens is 200 g/mol. The summed E-state index contributed by atoms with van der Waals surface area (Å²) in [5.74, 6) is 0.186. The van der Waals surface area contributed by atoms with E-state index in [0.29, 0.717) is 11.5 Å². The summed E-state index contributed by atoms with van der Waals surface area (Å²) in [6.07, 6.45) is 4.49. The highest BCUT2D eigenvalue weighted by Gasteiger charge is 2.43. The van der Waals surface area contributed by atoms with Crippen LogP contribution in [0.3, 0.4) is 0 Å². The van der Waals surface area contributed by atoms with Crippen molar-refractivity contribution in [3.05, 3.63) is 0 Å². The van der Waals surface area contributed by atoms with Gasteiger partial charge in [0.15, 0.2) is 0 Å². The highest BCUT2D eigenvalue weighted by molar-refractivity contribution is 6.27. The topological polar surface area (TPSA) is 46.3 Å². The molecule has 14 heavy (non-hydrogen) atoms. The van der Waals surface area contributed by atoms with Gasteiger partial charge in [0.05, 0.1) is 0 Å². The number of halogens is 1. The smallest absolute Gasteiger partial charge is 0.237 e. The van der Waals surface area contributed by atoms with Crippen LogP contribution in [0.2, 0.25) is 0 Å². The molecule has 1 saturated heterocycles. The zero-order valence-electron chi connectivity index (χ0n) is 8.34. The molecule has 0 bridgehead atoms. The van der Waals surface area contributed by atoms with Gasteiger partial charge in [0.25, 0.3) is 0 Å². The number of carbonyl (C=O) groups is 1. The number of alkyl halides is 1. The maximum Gasteiger partial charge on any atom is 0.237 e. The Kier molecular flexibility index (Phi) is 2.71. The minimum atomic E-state index is 0.0732. The molecule has 1 saturated carbocycles. The van der Waals surface area contributed by atoms with Crippen molar-refractivity contribution < 1.29 is 4.79 Å². The van der Waals surface area contributed by atoms with Gasteiger partial charge < -0.3 is 10.6 Å². The second-order valence-electron chi connectivity index (χ2n) is 4.70. The zero-order valence-corrected chi connectivity index (χ0v) is 9.09. The molecular formula is C10H17ClN2O. The molecule has 2 N–H and O–H groups in total. The number of rotatable bonds is 1. The molecule has 0 unspecified atom stereocenters.